The Bertz CT molecular complexity index is 858. The number of carbonyl (C=O) groups excluding carboxylic acids is 1. The van der Waals surface area contributed by atoms with E-state index in [2.05, 4.69) is 20.8 Å². The van der Waals surface area contributed by atoms with Crippen LogP contribution in [0.1, 0.15) is 16.2 Å². The number of hydrogen-bond donors (Lipinski definition) is 1. The minimum Gasteiger partial charge on any atom is -0.465 e. The van der Waals surface area contributed by atoms with Gasteiger partial charge in [-0.1, -0.05) is 30.3 Å². The molecule has 0 bridgehead atoms. The number of aromatic nitrogens is 4. The van der Waals surface area contributed by atoms with E-state index >= 15 is 0 Å². The Morgan fingerprint density at radius 2 is 1.88 bits per heavy atom. The molecule has 0 amide bonds. The highest BCUT2D eigenvalue weighted by Crippen LogP contribution is 2.16. The van der Waals surface area contributed by atoms with Gasteiger partial charge in [0, 0.05) is 12.3 Å². The molecule has 1 aromatic heterocycles. The van der Waals surface area contributed by atoms with E-state index in [0.717, 1.165) is 5.69 Å². The molecule has 0 atom stereocenters. The van der Waals surface area contributed by atoms with Crippen molar-refractivity contribution in [1.29, 1.82) is 0 Å². The minimum atomic E-state index is -0.402. The van der Waals surface area contributed by atoms with Crippen LogP contribution in [0.2, 0.25) is 0 Å². The fourth-order valence-corrected chi connectivity index (χ4v) is 2.15. The smallest absolute Gasteiger partial charge is 0.339 e. The molecule has 0 aliphatic heterocycles. The molecular weight excluding hydrogens is 306 g/mol. The van der Waals surface area contributed by atoms with E-state index < -0.39 is 5.97 Å². The number of benzene rings is 2. The van der Waals surface area contributed by atoms with E-state index in [0.29, 0.717) is 17.1 Å². The summed E-state index contributed by atoms with van der Waals surface area (Å²) in [6.45, 7) is 0. The van der Waals surface area contributed by atoms with Crippen LogP contribution in [0.25, 0.3) is 11.8 Å². The van der Waals surface area contributed by atoms with Gasteiger partial charge in [-0.25, -0.2) is 4.79 Å². The van der Waals surface area contributed by atoms with E-state index in [1.807, 2.05) is 36.4 Å². The fraction of sp³-hybridized carbons (Fsp3) is 0.0588. The Balaban J connectivity index is 1.80. The molecule has 1 heterocycles. The number of tetrazole rings is 1. The molecular formula is C17H15N5O2. The number of rotatable bonds is 5. The Kier molecular flexibility index (Phi) is 4.62. The zero-order valence-corrected chi connectivity index (χ0v) is 13.0. The lowest BCUT2D eigenvalue weighted by molar-refractivity contribution is 0.0602. The molecule has 0 aliphatic rings. The number of ether oxygens (including phenoxy) is 1. The number of nitrogens with zero attached hydrogens (tertiary/aromatic N) is 4. The number of hydrogen-bond acceptors (Lipinski definition) is 6. The first-order chi connectivity index (χ1) is 11.8. The molecule has 0 aliphatic carbocycles. The second kappa shape index (κ2) is 7.19. The van der Waals surface area contributed by atoms with Crippen molar-refractivity contribution < 1.29 is 9.53 Å². The van der Waals surface area contributed by atoms with E-state index in [4.69, 9.17) is 4.74 Å². The second-order valence-corrected chi connectivity index (χ2v) is 4.80. The van der Waals surface area contributed by atoms with E-state index in [9.17, 15) is 4.79 Å². The van der Waals surface area contributed by atoms with Crippen LogP contribution in [0.4, 0.5) is 5.69 Å². The number of carbonyl (C=O) groups is 1. The predicted octanol–water partition coefficient (Wildman–Crippen LogP) is 2.53. The zero-order valence-electron chi connectivity index (χ0n) is 13.0. The van der Waals surface area contributed by atoms with Crippen LogP contribution in [0.3, 0.4) is 0 Å². The molecule has 0 spiro atoms. The summed E-state index contributed by atoms with van der Waals surface area (Å²) in [5.74, 6) is 0.157. The van der Waals surface area contributed by atoms with Gasteiger partial charge < -0.3 is 10.1 Å². The van der Waals surface area contributed by atoms with Crippen molar-refractivity contribution >= 4 is 17.7 Å². The van der Waals surface area contributed by atoms with E-state index in [1.165, 1.54) is 7.11 Å². The molecule has 7 nitrogen and oxygen atoms in total. The first kappa shape index (κ1) is 15.4. The molecule has 0 saturated carbocycles. The van der Waals surface area contributed by atoms with E-state index in [-0.39, 0.29) is 0 Å². The molecule has 24 heavy (non-hydrogen) atoms. The van der Waals surface area contributed by atoms with Gasteiger partial charge >= 0.3 is 5.97 Å². The monoisotopic (exact) mass is 321 g/mol. The maximum Gasteiger partial charge on any atom is 0.339 e. The second-order valence-electron chi connectivity index (χ2n) is 4.80. The number of nitrogens with one attached hydrogen (secondary N) is 1. The van der Waals surface area contributed by atoms with Crippen molar-refractivity contribution in [2.75, 3.05) is 12.4 Å². The van der Waals surface area contributed by atoms with Crippen molar-refractivity contribution in [3.05, 3.63) is 72.2 Å². The lowest BCUT2D eigenvalue weighted by Crippen LogP contribution is -2.05. The van der Waals surface area contributed by atoms with Gasteiger partial charge in [-0.2, -0.15) is 4.68 Å². The average Bonchev–Trinajstić information content (AvgIpc) is 3.11. The maximum absolute atomic E-state index is 11.7. The largest absolute Gasteiger partial charge is 0.465 e. The molecule has 0 saturated heterocycles. The standard InChI is InChI=1S/C17H15N5O2/c1-24-17(23)14-9-5-6-10-15(14)18-12-11-16-19-20-21-22(16)13-7-3-2-4-8-13/h2-12,18H,1H3. The summed E-state index contributed by atoms with van der Waals surface area (Å²) in [4.78, 5) is 11.7. The van der Waals surface area contributed by atoms with Gasteiger partial charge in [0.1, 0.15) is 0 Å². The minimum absolute atomic E-state index is 0.402. The van der Waals surface area contributed by atoms with Gasteiger partial charge in [-0.3, -0.25) is 0 Å². The summed E-state index contributed by atoms with van der Waals surface area (Å²) in [6.07, 6.45) is 3.40. The Labute approximate surface area is 138 Å². The van der Waals surface area contributed by atoms with Crippen LogP contribution >= 0.6 is 0 Å². The first-order valence-corrected chi connectivity index (χ1v) is 7.24. The number of anilines is 1. The molecule has 0 radical (unpaired) electrons. The SMILES string of the molecule is COC(=O)c1ccccc1NC=Cc1nnnn1-c1ccccc1. The van der Waals surface area contributed by atoms with Crippen LogP contribution in [-0.2, 0) is 4.74 Å². The Hall–Kier alpha value is -3.48. The Morgan fingerprint density at radius 3 is 2.67 bits per heavy atom. The fourth-order valence-electron chi connectivity index (χ4n) is 2.15. The lowest BCUT2D eigenvalue weighted by Gasteiger charge is -2.07. The van der Waals surface area contributed by atoms with Crippen LogP contribution in [-0.4, -0.2) is 33.3 Å². The van der Waals surface area contributed by atoms with Gasteiger partial charge in [-0.15, -0.1) is 5.10 Å². The molecule has 7 heteroatoms. The lowest BCUT2D eigenvalue weighted by atomic mass is 10.2. The quantitative estimate of drug-likeness (QED) is 0.727. The Morgan fingerprint density at radius 1 is 1.12 bits per heavy atom. The number of esters is 1. The summed E-state index contributed by atoms with van der Waals surface area (Å²) >= 11 is 0. The van der Waals surface area contributed by atoms with Crippen molar-refractivity contribution in [3.63, 3.8) is 0 Å². The van der Waals surface area contributed by atoms with Gasteiger partial charge in [0.05, 0.1) is 24.0 Å². The van der Waals surface area contributed by atoms with Crippen molar-refractivity contribution in [3.8, 4) is 5.69 Å². The molecule has 1 N–H and O–H groups in total. The summed E-state index contributed by atoms with van der Waals surface area (Å²) in [5.41, 5.74) is 1.95. The number of methoxy groups -OCH3 is 1. The molecule has 3 rings (SSSR count). The normalized spacial score (nSPS) is 10.7. The average molecular weight is 321 g/mol. The molecule has 0 fully saturated rings. The summed E-state index contributed by atoms with van der Waals surface area (Å²) in [7, 11) is 1.35. The van der Waals surface area contributed by atoms with Crippen LogP contribution in [0, 0.1) is 0 Å². The van der Waals surface area contributed by atoms with Gasteiger partial charge in [0.15, 0.2) is 5.82 Å². The maximum atomic E-state index is 11.7. The van der Waals surface area contributed by atoms with Gasteiger partial charge in [0.25, 0.3) is 0 Å². The third-order valence-corrected chi connectivity index (χ3v) is 3.30. The highest BCUT2D eigenvalue weighted by atomic mass is 16.5. The highest BCUT2D eigenvalue weighted by Gasteiger charge is 2.10. The van der Waals surface area contributed by atoms with Crippen molar-refractivity contribution in [1.82, 2.24) is 20.2 Å². The summed E-state index contributed by atoms with van der Waals surface area (Å²) in [5, 5.41) is 14.7. The molecule has 0 unspecified atom stereocenters. The van der Waals surface area contributed by atoms with Gasteiger partial charge in [-0.05, 0) is 34.7 Å². The molecule has 3 aromatic rings. The van der Waals surface area contributed by atoms with Crippen molar-refractivity contribution in [2.24, 2.45) is 0 Å². The highest BCUT2D eigenvalue weighted by molar-refractivity contribution is 5.95. The predicted molar refractivity (Wildman–Crippen MR) is 89.6 cm³/mol. The first-order valence-electron chi connectivity index (χ1n) is 7.24. The van der Waals surface area contributed by atoms with Crippen LogP contribution in [0.5, 0.6) is 0 Å². The number of para-hydroxylation sites is 2. The van der Waals surface area contributed by atoms with Crippen LogP contribution < -0.4 is 5.32 Å². The van der Waals surface area contributed by atoms with E-state index in [1.54, 1.807) is 35.2 Å². The molecule has 2 aromatic carbocycles. The summed E-state index contributed by atoms with van der Waals surface area (Å²) in [6, 6.07) is 16.7. The van der Waals surface area contributed by atoms with Gasteiger partial charge in [0.2, 0.25) is 0 Å². The van der Waals surface area contributed by atoms with Crippen molar-refractivity contribution in [2.45, 2.75) is 0 Å². The molecule has 120 valence electrons. The topological polar surface area (TPSA) is 81.9 Å². The van der Waals surface area contributed by atoms with Crippen LogP contribution in [0.15, 0.2) is 60.8 Å². The third-order valence-electron chi connectivity index (χ3n) is 3.30. The zero-order chi connectivity index (χ0) is 16.8. The summed E-state index contributed by atoms with van der Waals surface area (Å²) < 4.78 is 6.38. The third kappa shape index (κ3) is 3.30.